The van der Waals surface area contributed by atoms with Gasteiger partial charge in [0, 0.05) is 87.6 Å². The fourth-order valence-corrected chi connectivity index (χ4v) is 19.6. The van der Waals surface area contributed by atoms with Crippen molar-refractivity contribution in [1.82, 2.24) is 59.8 Å². The molecule has 16 heteroatoms. The minimum absolute atomic E-state index is 0.480. The average molecular weight is 1810 g/mol. The van der Waals surface area contributed by atoms with Crippen LogP contribution in [0.25, 0.3) is 234 Å². The lowest BCUT2D eigenvalue weighted by atomic mass is 9.67. The van der Waals surface area contributed by atoms with E-state index in [1.54, 1.807) is 25.3 Å². The zero-order valence-electron chi connectivity index (χ0n) is 75.5. The molecule has 1 aliphatic rings. The number of nitrogens with zero attached hydrogens (tertiary/aromatic N) is 12. The fourth-order valence-electron chi connectivity index (χ4n) is 19.6. The van der Waals surface area contributed by atoms with E-state index >= 15 is 0 Å². The highest BCUT2D eigenvalue weighted by Gasteiger charge is 2.47. The molecule has 19 aromatic carbocycles. The molecular formula is C125H78N12O4. The van der Waals surface area contributed by atoms with Gasteiger partial charge in [-0.3, -0.25) is 0 Å². The monoisotopic (exact) mass is 1810 g/mol. The van der Waals surface area contributed by atoms with E-state index < -0.39 is 5.41 Å². The van der Waals surface area contributed by atoms with Crippen molar-refractivity contribution in [3.05, 3.63) is 496 Å². The summed E-state index contributed by atoms with van der Waals surface area (Å²) < 4.78 is 24.3. The third kappa shape index (κ3) is 15.8. The number of rotatable bonds is 13. The largest absolute Gasteiger partial charge is 0.456 e. The van der Waals surface area contributed by atoms with Crippen LogP contribution in [0.4, 0.5) is 0 Å². The maximum Gasteiger partial charge on any atom is 0.164 e. The van der Waals surface area contributed by atoms with Crippen molar-refractivity contribution >= 4 is 98.5 Å². The van der Waals surface area contributed by atoms with Gasteiger partial charge in [0.05, 0.1) is 5.41 Å². The predicted octanol–water partition coefficient (Wildman–Crippen LogP) is 30.9. The highest BCUT2D eigenvalue weighted by Crippen LogP contribution is 2.58. The van der Waals surface area contributed by atoms with E-state index in [1.807, 2.05) is 176 Å². The van der Waals surface area contributed by atoms with Crippen LogP contribution in [0.15, 0.2) is 492 Å². The average Bonchev–Trinajstić information content (AvgIpc) is 1.53. The first-order valence-corrected chi connectivity index (χ1v) is 46.5. The second-order valence-corrected chi connectivity index (χ2v) is 34.6. The summed E-state index contributed by atoms with van der Waals surface area (Å²) in [5.74, 6) is 5.05. The maximum absolute atomic E-state index is 6.16. The third-order valence-electron chi connectivity index (χ3n) is 26.2. The minimum atomic E-state index is -0.480. The SMILES string of the molecule is c1ccc(-c2cc(-c3ccccc3)cc(-c3ncnc(-c4ccc5c(c4)oc4ccccc45)n3)c2)cc1.c1ccc(-c2ccc(-c3ncnc(-c4ccc5c(c4)oc4ccccc45)n3)cc2)cc1.c1ccc(C2(c3ccccc3)c3ccccc3-c3c(-c4ncnc(-c5ccc6c(c5)oc5ccccc56)n4)cccc32)cc1.c1ccc2cc(-c3ncnc(-c4ccc5c(c4)oc4ccccc45)n3)ccc2c1. The first-order chi connectivity index (χ1) is 69.8. The van der Waals surface area contributed by atoms with Crippen molar-refractivity contribution in [3.8, 4) is 136 Å². The summed E-state index contributed by atoms with van der Waals surface area (Å²) in [4.78, 5) is 55.3. The topological polar surface area (TPSA) is 207 Å². The van der Waals surface area contributed by atoms with Gasteiger partial charge in [0.2, 0.25) is 0 Å². The molecule has 0 saturated carbocycles. The van der Waals surface area contributed by atoms with Crippen LogP contribution in [-0.2, 0) is 5.41 Å². The second-order valence-electron chi connectivity index (χ2n) is 34.6. The number of para-hydroxylation sites is 4. The molecule has 0 unspecified atom stereocenters. The smallest absolute Gasteiger partial charge is 0.164 e. The van der Waals surface area contributed by atoms with E-state index in [2.05, 4.69) is 308 Å². The van der Waals surface area contributed by atoms with E-state index in [-0.39, 0.29) is 0 Å². The van der Waals surface area contributed by atoms with E-state index in [0.717, 1.165) is 171 Å². The van der Waals surface area contributed by atoms with Gasteiger partial charge >= 0.3 is 0 Å². The van der Waals surface area contributed by atoms with Crippen LogP contribution in [0, 0.1) is 0 Å². The zero-order valence-corrected chi connectivity index (χ0v) is 75.5. The Bertz CT molecular complexity index is 9310. The van der Waals surface area contributed by atoms with Crippen LogP contribution < -0.4 is 0 Å². The number of aromatic nitrogens is 12. The van der Waals surface area contributed by atoms with Crippen LogP contribution in [-0.4, -0.2) is 59.8 Å². The summed E-state index contributed by atoms with van der Waals surface area (Å²) in [7, 11) is 0. The van der Waals surface area contributed by atoms with Crippen molar-refractivity contribution in [3.63, 3.8) is 0 Å². The molecule has 662 valence electrons. The van der Waals surface area contributed by atoms with Gasteiger partial charge in [-0.1, -0.05) is 352 Å². The molecular weight excluding hydrogens is 1730 g/mol. The first-order valence-electron chi connectivity index (χ1n) is 46.5. The lowest BCUT2D eigenvalue weighted by Gasteiger charge is -2.33. The molecule has 0 aliphatic heterocycles. The molecule has 0 spiro atoms. The van der Waals surface area contributed by atoms with E-state index in [1.165, 1.54) is 38.8 Å². The fraction of sp³-hybridized carbons (Fsp3) is 0.00800. The van der Waals surface area contributed by atoms with Gasteiger partial charge in [0.15, 0.2) is 46.6 Å². The molecule has 28 rings (SSSR count). The third-order valence-corrected chi connectivity index (χ3v) is 26.2. The first kappa shape index (κ1) is 83.5. The Morgan fingerprint density at radius 3 is 0.858 bits per heavy atom. The molecule has 0 bridgehead atoms. The molecule has 27 aromatic rings. The Kier molecular flexibility index (Phi) is 21.4. The van der Waals surface area contributed by atoms with Gasteiger partial charge in [-0.25, -0.2) is 59.8 Å². The van der Waals surface area contributed by atoms with Gasteiger partial charge in [-0.2, -0.15) is 0 Å². The molecule has 141 heavy (non-hydrogen) atoms. The summed E-state index contributed by atoms with van der Waals surface area (Å²) >= 11 is 0. The summed E-state index contributed by atoms with van der Waals surface area (Å²) in [6, 6.07) is 154. The predicted molar refractivity (Wildman–Crippen MR) is 563 cm³/mol. The van der Waals surface area contributed by atoms with Gasteiger partial charge in [0.1, 0.15) is 70.0 Å². The minimum Gasteiger partial charge on any atom is -0.456 e. The van der Waals surface area contributed by atoms with Crippen molar-refractivity contribution in [2.75, 3.05) is 0 Å². The Balaban J connectivity index is 0.000000100. The highest BCUT2D eigenvalue weighted by atomic mass is 16.3. The Hall–Kier alpha value is -19.3. The van der Waals surface area contributed by atoms with Crippen molar-refractivity contribution in [1.29, 1.82) is 0 Å². The molecule has 1 aliphatic carbocycles. The Morgan fingerprint density at radius 2 is 0.433 bits per heavy atom. The number of hydrogen-bond acceptors (Lipinski definition) is 16. The van der Waals surface area contributed by atoms with Crippen molar-refractivity contribution in [2.45, 2.75) is 5.41 Å². The van der Waals surface area contributed by atoms with Crippen LogP contribution in [0.2, 0.25) is 0 Å². The van der Waals surface area contributed by atoms with Crippen LogP contribution in [0.3, 0.4) is 0 Å². The van der Waals surface area contributed by atoms with Crippen LogP contribution in [0.5, 0.6) is 0 Å². The number of fused-ring (bicyclic) bond motifs is 16. The maximum atomic E-state index is 6.16. The zero-order chi connectivity index (χ0) is 93.5. The summed E-state index contributed by atoms with van der Waals surface area (Å²) in [5, 5.41) is 11.1. The number of benzene rings is 19. The molecule has 8 aromatic heterocycles. The van der Waals surface area contributed by atoms with E-state index in [0.29, 0.717) is 46.6 Å². The molecule has 0 fully saturated rings. The lowest BCUT2D eigenvalue weighted by Crippen LogP contribution is -2.28. The van der Waals surface area contributed by atoms with E-state index in [9.17, 15) is 0 Å². The normalized spacial score (nSPS) is 11.9. The van der Waals surface area contributed by atoms with Gasteiger partial charge in [0.25, 0.3) is 0 Å². The summed E-state index contributed by atoms with van der Waals surface area (Å²) in [6.07, 6.45) is 6.32. The van der Waals surface area contributed by atoms with Crippen molar-refractivity contribution in [2.24, 2.45) is 0 Å². The second kappa shape index (κ2) is 36.1. The van der Waals surface area contributed by atoms with Crippen molar-refractivity contribution < 1.29 is 17.7 Å². The standard InChI is InChI=1S/C40H25N3O.C33H21N3O.C27H17N3O.C25H15N3O/c1-3-12-27(13-4-1)40(28-14-5-2-6-15-28)33-19-9-7-17-31(33)37-32(18-11-20-34(37)40)39-42-25-41-38(43-39)26-22-23-30-29-16-8-10-21-35(29)44-36(30)24-26;1-3-9-22(10-4-1)25-17-26(23-11-5-2-6-12-23)19-27(18-25)33-35-21-34-32(36-33)24-15-16-29-28-13-7-8-14-30(28)37-31(29)20-24;1-2-6-18(7-3-1)19-10-12-20(13-11-19)26-28-17-29-27(30-26)21-14-15-23-22-8-4-5-9-24(22)31-25(23)16-21;1-2-6-17-13-18(10-9-16(17)5-1)24-26-15-27-25(28-24)19-11-12-21-20-7-3-4-8-22(20)29-23(21)14-19/h1-25H;1-21H;1-17H;1-15H. The lowest BCUT2D eigenvalue weighted by molar-refractivity contribution is 0.668. The van der Waals surface area contributed by atoms with Crippen LogP contribution >= 0.6 is 0 Å². The number of hydrogen-bond donors (Lipinski definition) is 0. The van der Waals surface area contributed by atoms with Gasteiger partial charge in [-0.15, -0.1) is 0 Å². The Labute approximate surface area is 808 Å². The summed E-state index contributed by atoms with van der Waals surface area (Å²) in [5.41, 5.74) is 27.9. The number of furan rings is 4. The van der Waals surface area contributed by atoms with Gasteiger partial charge < -0.3 is 17.7 Å². The summed E-state index contributed by atoms with van der Waals surface area (Å²) in [6.45, 7) is 0. The van der Waals surface area contributed by atoms with Crippen LogP contribution in [0.1, 0.15) is 22.3 Å². The molecule has 0 saturated heterocycles. The van der Waals surface area contributed by atoms with Gasteiger partial charge in [-0.05, 0) is 175 Å². The molecule has 16 nitrogen and oxygen atoms in total. The molecule has 8 heterocycles. The quantitative estimate of drug-likeness (QED) is 0.105. The Morgan fingerprint density at radius 1 is 0.156 bits per heavy atom. The van der Waals surface area contributed by atoms with E-state index in [4.69, 9.17) is 42.6 Å². The molecule has 0 atom stereocenters. The molecule has 0 N–H and O–H groups in total. The molecule has 0 radical (unpaired) electrons. The highest BCUT2D eigenvalue weighted by molar-refractivity contribution is 6.09. The molecule has 0 amide bonds.